The Bertz CT molecular complexity index is 196. The van der Waals surface area contributed by atoms with Crippen molar-refractivity contribution in [2.75, 3.05) is 0 Å². The molecule has 0 heterocycles. The first-order valence-corrected chi connectivity index (χ1v) is 5.37. The van der Waals surface area contributed by atoms with Crippen LogP contribution in [0.15, 0.2) is 0 Å². The second-order valence-electron chi connectivity index (χ2n) is 5.46. The van der Waals surface area contributed by atoms with Gasteiger partial charge in [-0.25, -0.2) is 8.78 Å². The Morgan fingerprint density at radius 2 is 1.93 bits per heavy atom. The zero-order valence-corrected chi connectivity index (χ0v) is 9.53. The number of hydrogen-bond acceptors (Lipinski definition) is 1. The van der Waals surface area contributed by atoms with Gasteiger partial charge in [0.25, 0.3) is 5.92 Å². The fraction of sp³-hybridized carbons (Fsp3) is 1.00. The maximum absolute atomic E-state index is 13.3. The van der Waals surface area contributed by atoms with Crippen LogP contribution >= 0.6 is 0 Å². The molecule has 1 N–H and O–H groups in total. The molecule has 2 unspecified atom stereocenters. The standard InChI is InChI=1S/C11H21F2N/c1-8(10(2,3)4)14-9-6-5-7-11(9,12)13/h8-9,14H,5-7H2,1-4H3. The molecule has 1 aliphatic carbocycles. The van der Waals surface area contributed by atoms with Gasteiger partial charge >= 0.3 is 0 Å². The van der Waals surface area contributed by atoms with Gasteiger partial charge in [0.2, 0.25) is 0 Å². The molecule has 0 saturated heterocycles. The smallest absolute Gasteiger partial charge is 0.263 e. The summed E-state index contributed by atoms with van der Waals surface area (Å²) in [4.78, 5) is 0. The van der Waals surface area contributed by atoms with Gasteiger partial charge in [-0.3, -0.25) is 0 Å². The fourth-order valence-corrected chi connectivity index (χ4v) is 1.68. The molecule has 14 heavy (non-hydrogen) atoms. The second kappa shape index (κ2) is 3.76. The van der Waals surface area contributed by atoms with Crippen LogP contribution in [0, 0.1) is 5.41 Å². The Morgan fingerprint density at radius 3 is 2.29 bits per heavy atom. The molecular formula is C11H21F2N. The minimum Gasteiger partial charge on any atom is -0.306 e. The van der Waals surface area contributed by atoms with Crippen molar-refractivity contribution in [2.24, 2.45) is 5.41 Å². The zero-order chi connectivity index (χ0) is 11.0. The van der Waals surface area contributed by atoms with Crippen LogP contribution in [0.2, 0.25) is 0 Å². The molecular weight excluding hydrogens is 184 g/mol. The lowest BCUT2D eigenvalue weighted by Crippen LogP contribution is -2.49. The van der Waals surface area contributed by atoms with Gasteiger partial charge in [-0.1, -0.05) is 20.8 Å². The Labute approximate surface area is 85.3 Å². The molecule has 0 aromatic heterocycles. The summed E-state index contributed by atoms with van der Waals surface area (Å²) in [6.07, 6.45) is 1.29. The van der Waals surface area contributed by atoms with Crippen molar-refractivity contribution >= 4 is 0 Å². The van der Waals surface area contributed by atoms with Crippen LogP contribution in [0.1, 0.15) is 47.0 Å². The van der Waals surface area contributed by atoms with E-state index in [4.69, 9.17) is 0 Å². The summed E-state index contributed by atoms with van der Waals surface area (Å²) in [5, 5.41) is 3.06. The molecule has 1 nitrogen and oxygen atoms in total. The van der Waals surface area contributed by atoms with Gasteiger partial charge in [0.1, 0.15) is 0 Å². The molecule has 2 atom stereocenters. The average molecular weight is 205 g/mol. The molecule has 1 fully saturated rings. The van der Waals surface area contributed by atoms with E-state index in [1.165, 1.54) is 0 Å². The van der Waals surface area contributed by atoms with E-state index < -0.39 is 12.0 Å². The lowest BCUT2D eigenvalue weighted by atomic mass is 9.87. The topological polar surface area (TPSA) is 12.0 Å². The molecule has 0 spiro atoms. The molecule has 1 rings (SSSR count). The van der Waals surface area contributed by atoms with Gasteiger partial charge < -0.3 is 5.32 Å². The van der Waals surface area contributed by atoms with Crippen LogP contribution in [0.3, 0.4) is 0 Å². The SMILES string of the molecule is CC(NC1CCCC1(F)F)C(C)(C)C. The van der Waals surface area contributed by atoms with Gasteiger partial charge in [0.15, 0.2) is 0 Å². The minimum absolute atomic E-state index is 0.0403. The third kappa shape index (κ3) is 2.66. The van der Waals surface area contributed by atoms with Gasteiger partial charge in [0.05, 0.1) is 6.04 Å². The van der Waals surface area contributed by atoms with Gasteiger partial charge in [-0.2, -0.15) is 0 Å². The van der Waals surface area contributed by atoms with Crippen LogP contribution in [0.25, 0.3) is 0 Å². The molecule has 3 heteroatoms. The predicted molar refractivity (Wildman–Crippen MR) is 54.6 cm³/mol. The summed E-state index contributed by atoms with van der Waals surface area (Å²) in [6.45, 7) is 8.18. The molecule has 1 saturated carbocycles. The predicted octanol–water partition coefficient (Wildman–Crippen LogP) is 3.20. The van der Waals surface area contributed by atoms with Crippen molar-refractivity contribution < 1.29 is 8.78 Å². The fourth-order valence-electron chi connectivity index (χ4n) is 1.68. The van der Waals surface area contributed by atoms with Gasteiger partial charge in [0, 0.05) is 12.5 Å². The lowest BCUT2D eigenvalue weighted by Gasteiger charge is -2.33. The Morgan fingerprint density at radius 1 is 1.36 bits per heavy atom. The normalized spacial score (nSPS) is 29.1. The summed E-state index contributed by atoms with van der Waals surface area (Å²) in [5.74, 6) is -2.50. The molecule has 0 aromatic carbocycles. The van der Waals surface area contributed by atoms with Crippen molar-refractivity contribution in [1.29, 1.82) is 0 Å². The van der Waals surface area contributed by atoms with Crippen molar-refractivity contribution in [1.82, 2.24) is 5.32 Å². The zero-order valence-electron chi connectivity index (χ0n) is 9.53. The minimum atomic E-state index is -2.50. The van der Waals surface area contributed by atoms with Gasteiger partial charge in [-0.15, -0.1) is 0 Å². The van der Waals surface area contributed by atoms with E-state index in [1.54, 1.807) is 0 Å². The summed E-state index contributed by atoms with van der Waals surface area (Å²) >= 11 is 0. The van der Waals surface area contributed by atoms with E-state index in [-0.39, 0.29) is 17.9 Å². The van der Waals surface area contributed by atoms with Crippen molar-refractivity contribution in [2.45, 2.75) is 65.0 Å². The highest BCUT2D eigenvalue weighted by atomic mass is 19.3. The largest absolute Gasteiger partial charge is 0.306 e. The Hall–Kier alpha value is -0.180. The molecule has 0 radical (unpaired) electrons. The third-order valence-electron chi connectivity index (χ3n) is 3.26. The van der Waals surface area contributed by atoms with Crippen LogP contribution in [-0.2, 0) is 0 Å². The molecule has 0 aromatic rings. The van der Waals surface area contributed by atoms with E-state index in [2.05, 4.69) is 26.1 Å². The first kappa shape index (κ1) is 11.9. The van der Waals surface area contributed by atoms with Crippen LogP contribution < -0.4 is 5.32 Å². The summed E-state index contributed by atoms with van der Waals surface area (Å²) in [5.41, 5.74) is 0.0403. The number of rotatable bonds is 2. The first-order chi connectivity index (χ1) is 6.23. The van der Waals surface area contributed by atoms with E-state index in [0.29, 0.717) is 12.8 Å². The van der Waals surface area contributed by atoms with Crippen molar-refractivity contribution in [3.63, 3.8) is 0 Å². The number of nitrogens with one attached hydrogen (secondary N) is 1. The van der Waals surface area contributed by atoms with Crippen LogP contribution in [0.4, 0.5) is 8.78 Å². The molecule has 0 bridgehead atoms. The average Bonchev–Trinajstić information content (AvgIpc) is 2.29. The van der Waals surface area contributed by atoms with Crippen molar-refractivity contribution in [3.05, 3.63) is 0 Å². The monoisotopic (exact) mass is 205 g/mol. The van der Waals surface area contributed by atoms with Crippen LogP contribution in [-0.4, -0.2) is 18.0 Å². The van der Waals surface area contributed by atoms with Gasteiger partial charge in [-0.05, 0) is 25.2 Å². The van der Waals surface area contributed by atoms with E-state index in [1.807, 2.05) is 6.92 Å². The highest BCUT2D eigenvalue weighted by molar-refractivity contribution is 4.92. The van der Waals surface area contributed by atoms with E-state index in [9.17, 15) is 8.78 Å². The van der Waals surface area contributed by atoms with E-state index >= 15 is 0 Å². The maximum Gasteiger partial charge on any atom is 0.263 e. The summed E-state index contributed by atoms with van der Waals surface area (Å²) < 4.78 is 26.6. The Kier molecular flexibility index (Phi) is 3.20. The highest BCUT2D eigenvalue weighted by Crippen LogP contribution is 2.36. The number of alkyl halides is 2. The first-order valence-electron chi connectivity index (χ1n) is 5.37. The van der Waals surface area contributed by atoms with Crippen molar-refractivity contribution in [3.8, 4) is 0 Å². The Balaban J connectivity index is 2.52. The quantitative estimate of drug-likeness (QED) is 0.730. The lowest BCUT2D eigenvalue weighted by molar-refractivity contribution is -0.0244. The third-order valence-corrected chi connectivity index (χ3v) is 3.26. The molecule has 0 amide bonds. The summed E-state index contributed by atoms with van der Waals surface area (Å²) in [6, 6.07) is -0.492. The highest BCUT2D eigenvalue weighted by Gasteiger charge is 2.44. The molecule has 0 aliphatic heterocycles. The second-order valence-corrected chi connectivity index (χ2v) is 5.46. The maximum atomic E-state index is 13.3. The summed E-state index contributed by atoms with van der Waals surface area (Å²) in [7, 11) is 0. The van der Waals surface area contributed by atoms with E-state index in [0.717, 1.165) is 0 Å². The number of halogens is 2. The van der Waals surface area contributed by atoms with Crippen LogP contribution in [0.5, 0.6) is 0 Å². The molecule has 1 aliphatic rings. The molecule has 84 valence electrons. The number of hydrogen-bond donors (Lipinski definition) is 1.